The minimum Gasteiger partial charge on any atom is -0.381 e. The number of morpholine rings is 1. The van der Waals surface area contributed by atoms with Crippen molar-refractivity contribution in [1.29, 1.82) is 0 Å². The van der Waals surface area contributed by atoms with Gasteiger partial charge in [0.1, 0.15) is 0 Å². The molecule has 3 saturated heterocycles. The van der Waals surface area contributed by atoms with Crippen LogP contribution in [0.5, 0.6) is 0 Å². The van der Waals surface area contributed by atoms with Crippen molar-refractivity contribution in [2.24, 2.45) is 5.92 Å². The Morgan fingerprint density at radius 2 is 1.71 bits per heavy atom. The monoisotopic (exact) mass is 452 g/mol. The highest BCUT2D eigenvalue weighted by Gasteiger charge is 2.33. The minimum absolute atomic E-state index is 0.131. The fourth-order valence-electron chi connectivity index (χ4n) is 4.54. The smallest absolute Gasteiger partial charge is 0.317 e. The molecule has 0 aromatic heterocycles. The SMILES string of the molecule is O=C(NCC(C1CCOC1)N1CCOCC1)N1CCN(S(=O)(=O)c2ccccc2)CC1. The summed E-state index contributed by atoms with van der Waals surface area (Å²) < 4.78 is 38.1. The maximum Gasteiger partial charge on any atom is 0.317 e. The van der Waals surface area contributed by atoms with E-state index >= 15 is 0 Å². The third-order valence-electron chi connectivity index (χ3n) is 6.39. The zero-order chi connectivity index (χ0) is 21.7. The van der Waals surface area contributed by atoms with Crippen molar-refractivity contribution >= 4 is 16.1 Å². The lowest BCUT2D eigenvalue weighted by Crippen LogP contribution is -2.56. The molecule has 0 radical (unpaired) electrons. The molecule has 10 heteroatoms. The molecule has 4 rings (SSSR count). The number of rotatable bonds is 6. The number of piperazine rings is 1. The number of ether oxygens (including phenoxy) is 2. The standard InChI is InChI=1S/C21H32N4O5S/c26-21(22-16-20(18-6-13-30-17-18)23-11-14-29-15-12-23)24-7-9-25(10-8-24)31(27,28)19-4-2-1-3-5-19/h1-5,18,20H,6-17H2,(H,22,26). The third kappa shape index (κ3) is 5.38. The molecule has 2 unspecified atom stereocenters. The molecule has 3 aliphatic rings. The lowest BCUT2D eigenvalue weighted by Gasteiger charge is -2.38. The molecule has 1 N–H and O–H groups in total. The Bertz CT molecular complexity index is 817. The molecule has 3 fully saturated rings. The van der Waals surface area contributed by atoms with Gasteiger partial charge in [-0.2, -0.15) is 4.31 Å². The molecule has 0 saturated carbocycles. The van der Waals surface area contributed by atoms with Crippen LogP contribution in [0.15, 0.2) is 35.2 Å². The van der Waals surface area contributed by atoms with E-state index in [1.165, 1.54) is 4.31 Å². The molecule has 2 atom stereocenters. The van der Waals surface area contributed by atoms with Crippen LogP contribution in [0.4, 0.5) is 4.79 Å². The van der Waals surface area contributed by atoms with E-state index in [1.807, 2.05) is 0 Å². The number of sulfonamides is 1. The summed E-state index contributed by atoms with van der Waals surface area (Å²) in [5.74, 6) is 0.409. The second-order valence-electron chi connectivity index (χ2n) is 8.23. The molecule has 0 aliphatic carbocycles. The Kier molecular flexibility index (Phi) is 7.44. The van der Waals surface area contributed by atoms with Crippen molar-refractivity contribution in [3.63, 3.8) is 0 Å². The molecule has 2 amide bonds. The van der Waals surface area contributed by atoms with Crippen LogP contribution < -0.4 is 5.32 Å². The number of hydrogen-bond donors (Lipinski definition) is 1. The predicted molar refractivity (Wildman–Crippen MR) is 115 cm³/mol. The van der Waals surface area contributed by atoms with E-state index in [2.05, 4.69) is 10.2 Å². The summed E-state index contributed by atoms with van der Waals surface area (Å²) in [6.07, 6.45) is 1.01. The second kappa shape index (κ2) is 10.3. The van der Waals surface area contributed by atoms with E-state index in [9.17, 15) is 13.2 Å². The normalized spacial score (nSPS) is 24.8. The van der Waals surface area contributed by atoms with Crippen molar-refractivity contribution < 1.29 is 22.7 Å². The first-order valence-corrected chi connectivity index (χ1v) is 12.5. The lowest BCUT2D eigenvalue weighted by atomic mass is 9.97. The van der Waals surface area contributed by atoms with Gasteiger partial charge >= 0.3 is 6.03 Å². The highest BCUT2D eigenvalue weighted by atomic mass is 32.2. The van der Waals surface area contributed by atoms with Crippen LogP contribution >= 0.6 is 0 Å². The summed E-state index contributed by atoms with van der Waals surface area (Å²) in [6.45, 7) is 6.60. The maximum absolute atomic E-state index is 12.8. The molecular weight excluding hydrogens is 420 g/mol. The Hall–Kier alpha value is -1.72. The number of benzene rings is 1. The number of carbonyl (C=O) groups excluding carboxylic acids is 1. The Morgan fingerprint density at radius 1 is 1.00 bits per heavy atom. The van der Waals surface area contributed by atoms with Crippen LogP contribution in [-0.4, -0.2) is 107 Å². The van der Waals surface area contributed by atoms with E-state index in [0.29, 0.717) is 43.5 Å². The molecule has 1 aromatic carbocycles. The van der Waals surface area contributed by atoms with Crippen molar-refractivity contribution in [2.45, 2.75) is 17.4 Å². The van der Waals surface area contributed by atoms with Gasteiger partial charge in [-0.1, -0.05) is 18.2 Å². The number of urea groups is 1. The number of carbonyl (C=O) groups is 1. The first kappa shape index (κ1) is 22.5. The van der Waals surface area contributed by atoms with E-state index < -0.39 is 10.0 Å². The van der Waals surface area contributed by atoms with Gasteiger partial charge in [0.15, 0.2) is 0 Å². The summed E-state index contributed by atoms with van der Waals surface area (Å²) in [5, 5.41) is 3.09. The van der Waals surface area contributed by atoms with E-state index in [0.717, 1.165) is 45.9 Å². The molecule has 9 nitrogen and oxygen atoms in total. The summed E-state index contributed by atoms with van der Waals surface area (Å²) in [7, 11) is -3.52. The Balaban J connectivity index is 1.30. The van der Waals surface area contributed by atoms with Crippen molar-refractivity contribution in [3.8, 4) is 0 Å². The molecule has 0 spiro atoms. The number of amides is 2. The molecule has 172 valence electrons. The van der Waals surface area contributed by atoms with Gasteiger partial charge < -0.3 is 19.7 Å². The van der Waals surface area contributed by atoms with Crippen LogP contribution in [0.2, 0.25) is 0 Å². The number of hydrogen-bond acceptors (Lipinski definition) is 6. The third-order valence-corrected chi connectivity index (χ3v) is 8.31. The maximum atomic E-state index is 12.8. The van der Waals surface area contributed by atoms with E-state index in [-0.39, 0.29) is 12.1 Å². The first-order chi connectivity index (χ1) is 15.1. The average molecular weight is 453 g/mol. The Morgan fingerprint density at radius 3 is 2.35 bits per heavy atom. The van der Waals surface area contributed by atoms with Gasteiger partial charge in [0.2, 0.25) is 10.0 Å². The Labute approximate surface area is 184 Å². The largest absolute Gasteiger partial charge is 0.381 e. The van der Waals surface area contributed by atoms with E-state index in [1.54, 1.807) is 35.2 Å². The van der Waals surface area contributed by atoms with E-state index in [4.69, 9.17) is 9.47 Å². The molecule has 3 heterocycles. The number of nitrogens with zero attached hydrogens (tertiary/aromatic N) is 3. The first-order valence-electron chi connectivity index (χ1n) is 11.0. The summed E-state index contributed by atoms with van der Waals surface area (Å²) >= 11 is 0. The fraction of sp³-hybridized carbons (Fsp3) is 0.667. The highest BCUT2D eigenvalue weighted by Crippen LogP contribution is 2.22. The quantitative estimate of drug-likeness (QED) is 0.674. The van der Waals surface area contributed by atoms with Gasteiger partial charge in [-0.25, -0.2) is 13.2 Å². The van der Waals surface area contributed by atoms with Crippen LogP contribution in [0, 0.1) is 5.92 Å². The molecule has 1 aromatic rings. The van der Waals surface area contributed by atoms with Gasteiger partial charge in [0.25, 0.3) is 0 Å². The summed E-state index contributed by atoms with van der Waals surface area (Å²) in [6, 6.07) is 8.54. The summed E-state index contributed by atoms with van der Waals surface area (Å²) in [5.41, 5.74) is 0. The van der Waals surface area contributed by atoms with Gasteiger partial charge in [0.05, 0.1) is 24.7 Å². The van der Waals surface area contributed by atoms with Crippen LogP contribution in [-0.2, 0) is 19.5 Å². The second-order valence-corrected chi connectivity index (χ2v) is 10.2. The van der Waals surface area contributed by atoms with Crippen LogP contribution in [0.25, 0.3) is 0 Å². The van der Waals surface area contributed by atoms with Gasteiger partial charge in [-0.15, -0.1) is 0 Å². The van der Waals surface area contributed by atoms with Crippen molar-refractivity contribution in [2.75, 3.05) is 72.2 Å². The molecular formula is C21H32N4O5S. The van der Waals surface area contributed by atoms with Crippen molar-refractivity contribution in [1.82, 2.24) is 19.4 Å². The topological polar surface area (TPSA) is 91.4 Å². The number of nitrogens with one attached hydrogen (secondary N) is 1. The highest BCUT2D eigenvalue weighted by molar-refractivity contribution is 7.89. The lowest BCUT2D eigenvalue weighted by molar-refractivity contribution is 0.00180. The predicted octanol–water partition coefficient (Wildman–Crippen LogP) is 0.440. The summed E-state index contributed by atoms with van der Waals surface area (Å²) in [4.78, 5) is 17.2. The van der Waals surface area contributed by atoms with Gasteiger partial charge in [-0.3, -0.25) is 4.90 Å². The van der Waals surface area contributed by atoms with Gasteiger partial charge in [-0.05, 0) is 18.6 Å². The zero-order valence-corrected chi connectivity index (χ0v) is 18.6. The average Bonchev–Trinajstić information content (AvgIpc) is 3.35. The van der Waals surface area contributed by atoms with Gasteiger partial charge in [0, 0.05) is 64.4 Å². The molecule has 3 aliphatic heterocycles. The van der Waals surface area contributed by atoms with Crippen molar-refractivity contribution in [3.05, 3.63) is 30.3 Å². The van der Waals surface area contributed by atoms with Crippen LogP contribution in [0.3, 0.4) is 0 Å². The minimum atomic E-state index is -3.52. The van der Waals surface area contributed by atoms with Crippen LogP contribution in [0.1, 0.15) is 6.42 Å². The molecule has 0 bridgehead atoms. The fourth-order valence-corrected chi connectivity index (χ4v) is 5.98. The molecule has 31 heavy (non-hydrogen) atoms. The zero-order valence-electron chi connectivity index (χ0n) is 17.8.